The quantitative estimate of drug-likeness (QED) is 0.681. The Labute approximate surface area is 82.5 Å². The molecule has 0 unspecified atom stereocenters. The number of hydrogen-bond acceptors (Lipinski definition) is 3. The van der Waals surface area contributed by atoms with Crippen molar-refractivity contribution in [1.29, 1.82) is 5.26 Å². The average molecular weight is 195 g/mol. The first-order valence-electron chi connectivity index (χ1n) is 4.85. The van der Waals surface area contributed by atoms with Crippen LogP contribution >= 0.6 is 0 Å². The summed E-state index contributed by atoms with van der Waals surface area (Å²) in [5.74, 6) is -0.961. The average Bonchev–Trinajstić information content (AvgIpc) is 2.14. The highest BCUT2D eigenvalue weighted by Gasteiger charge is 2.59. The van der Waals surface area contributed by atoms with E-state index in [0.29, 0.717) is 26.1 Å². The minimum absolute atomic E-state index is 0.0897. The van der Waals surface area contributed by atoms with Gasteiger partial charge in [0.2, 0.25) is 0 Å². The van der Waals surface area contributed by atoms with Crippen molar-refractivity contribution in [2.24, 2.45) is 10.8 Å². The summed E-state index contributed by atoms with van der Waals surface area (Å²) in [6.07, 6.45) is 2.83. The molecule has 0 aromatic heterocycles. The van der Waals surface area contributed by atoms with Crippen LogP contribution in [0.25, 0.3) is 0 Å². The predicted octanol–water partition coefficient (Wildman–Crippen LogP) is 1.17. The predicted molar refractivity (Wildman–Crippen MR) is 47.4 cm³/mol. The molecule has 1 aliphatic carbocycles. The largest absolute Gasteiger partial charge is 0.480 e. The molecular formula is C10H13NO3. The minimum Gasteiger partial charge on any atom is -0.480 e. The number of rotatable bonds is 1. The summed E-state index contributed by atoms with van der Waals surface area (Å²) < 4.78 is 5.23. The van der Waals surface area contributed by atoms with Gasteiger partial charge in [-0.1, -0.05) is 0 Å². The van der Waals surface area contributed by atoms with Crippen LogP contribution in [0.2, 0.25) is 0 Å². The lowest BCUT2D eigenvalue weighted by atomic mass is 9.50. The maximum Gasteiger partial charge on any atom is 0.324 e. The van der Waals surface area contributed by atoms with Gasteiger partial charge in [0.15, 0.2) is 5.41 Å². The highest BCUT2D eigenvalue weighted by molar-refractivity contribution is 5.79. The fraction of sp³-hybridized carbons (Fsp3) is 0.800. The Hall–Kier alpha value is -1.08. The van der Waals surface area contributed by atoms with Gasteiger partial charge >= 0.3 is 5.97 Å². The second-order valence-corrected chi connectivity index (χ2v) is 4.46. The molecule has 2 rings (SSSR count). The molecule has 14 heavy (non-hydrogen) atoms. The number of nitrogens with zero attached hydrogens (tertiary/aromatic N) is 1. The molecule has 1 aliphatic heterocycles. The topological polar surface area (TPSA) is 70.3 Å². The molecule has 0 aromatic rings. The number of ether oxygens (including phenoxy) is 1. The molecule has 0 amide bonds. The van der Waals surface area contributed by atoms with Gasteiger partial charge in [0.25, 0.3) is 0 Å². The van der Waals surface area contributed by atoms with Gasteiger partial charge in [0.05, 0.1) is 6.07 Å². The van der Waals surface area contributed by atoms with Crippen LogP contribution < -0.4 is 0 Å². The minimum atomic E-state index is -1.10. The molecule has 4 nitrogen and oxygen atoms in total. The van der Waals surface area contributed by atoms with Gasteiger partial charge in [-0.2, -0.15) is 5.26 Å². The van der Waals surface area contributed by atoms with Crippen LogP contribution in [0.3, 0.4) is 0 Å². The second kappa shape index (κ2) is 2.96. The molecule has 1 heterocycles. The molecule has 1 N–H and O–H groups in total. The third-order valence-corrected chi connectivity index (χ3v) is 3.53. The van der Waals surface area contributed by atoms with Gasteiger partial charge < -0.3 is 9.84 Å². The molecular weight excluding hydrogens is 182 g/mol. The Morgan fingerprint density at radius 1 is 1.36 bits per heavy atom. The summed E-state index contributed by atoms with van der Waals surface area (Å²) in [4.78, 5) is 10.9. The van der Waals surface area contributed by atoms with Crippen molar-refractivity contribution in [1.82, 2.24) is 0 Å². The number of nitriles is 1. The van der Waals surface area contributed by atoms with Crippen LogP contribution in [0.4, 0.5) is 0 Å². The van der Waals surface area contributed by atoms with E-state index in [4.69, 9.17) is 15.1 Å². The number of carboxylic acids is 1. The standard InChI is InChI=1S/C10H13NO3/c11-7-10(8(12)13)5-9(6-10)1-3-14-4-2-9/h1-6H2,(H,12,13). The van der Waals surface area contributed by atoms with Crippen molar-refractivity contribution in [2.45, 2.75) is 25.7 Å². The van der Waals surface area contributed by atoms with E-state index >= 15 is 0 Å². The van der Waals surface area contributed by atoms with E-state index in [9.17, 15) is 4.79 Å². The molecule has 0 radical (unpaired) electrons. The Morgan fingerprint density at radius 2 is 1.93 bits per heavy atom. The Bertz CT molecular complexity index is 291. The van der Waals surface area contributed by atoms with Crippen LogP contribution in [-0.2, 0) is 9.53 Å². The third-order valence-electron chi connectivity index (χ3n) is 3.53. The maximum absolute atomic E-state index is 10.9. The fourth-order valence-corrected chi connectivity index (χ4v) is 2.66. The zero-order valence-electron chi connectivity index (χ0n) is 7.95. The van der Waals surface area contributed by atoms with Gasteiger partial charge in [-0.3, -0.25) is 4.79 Å². The molecule has 0 atom stereocenters. The summed E-state index contributed by atoms with van der Waals surface area (Å²) in [5, 5.41) is 17.8. The van der Waals surface area contributed by atoms with E-state index in [1.807, 2.05) is 6.07 Å². The summed E-state index contributed by atoms with van der Waals surface area (Å²) in [6, 6.07) is 1.95. The summed E-state index contributed by atoms with van der Waals surface area (Å²) in [6.45, 7) is 1.42. The molecule has 4 heteroatoms. The van der Waals surface area contributed by atoms with E-state index < -0.39 is 11.4 Å². The van der Waals surface area contributed by atoms with Crippen molar-refractivity contribution < 1.29 is 14.6 Å². The fourth-order valence-electron chi connectivity index (χ4n) is 2.66. The molecule has 0 aromatic carbocycles. The number of carboxylic acid groups (broad SMARTS) is 1. The van der Waals surface area contributed by atoms with Crippen LogP contribution in [0, 0.1) is 22.2 Å². The zero-order chi connectivity index (χ0) is 10.2. The SMILES string of the molecule is N#CC1(C(=O)O)CC2(CCOCC2)C1. The molecule has 2 aliphatic rings. The normalized spacial score (nSPS) is 27.6. The summed E-state index contributed by atoms with van der Waals surface area (Å²) in [5.41, 5.74) is -1.01. The second-order valence-electron chi connectivity index (χ2n) is 4.46. The highest BCUT2D eigenvalue weighted by atomic mass is 16.5. The molecule has 1 spiro atoms. The first-order chi connectivity index (χ1) is 6.63. The zero-order valence-corrected chi connectivity index (χ0v) is 7.95. The Balaban J connectivity index is 2.06. The van der Waals surface area contributed by atoms with Crippen molar-refractivity contribution in [3.8, 4) is 6.07 Å². The Morgan fingerprint density at radius 3 is 2.36 bits per heavy atom. The van der Waals surface area contributed by atoms with E-state index in [0.717, 1.165) is 12.8 Å². The van der Waals surface area contributed by atoms with Gasteiger partial charge in [-0.15, -0.1) is 0 Å². The van der Waals surface area contributed by atoms with Crippen LogP contribution in [0.15, 0.2) is 0 Å². The van der Waals surface area contributed by atoms with E-state index in [-0.39, 0.29) is 5.41 Å². The lowest BCUT2D eigenvalue weighted by Gasteiger charge is -2.52. The van der Waals surface area contributed by atoms with Gasteiger partial charge in [-0.05, 0) is 31.1 Å². The van der Waals surface area contributed by atoms with Crippen LogP contribution in [0.5, 0.6) is 0 Å². The Kier molecular flexibility index (Phi) is 2.00. The van der Waals surface area contributed by atoms with Gasteiger partial charge in [0.1, 0.15) is 0 Å². The summed E-state index contributed by atoms with van der Waals surface area (Å²) in [7, 11) is 0. The molecule has 2 fully saturated rings. The highest BCUT2D eigenvalue weighted by Crippen LogP contribution is 2.59. The van der Waals surface area contributed by atoms with Crippen LogP contribution in [-0.4, -0.2) is 24.3 Å². The van der Waals surface area contributed by atoms with E-state index in [1.165, 1.54) is 0 Å². The number of aliphatic carboxylic acids is 1. The van der Waals surface area contributed by atoms with E-state index in [1.54, 1.807) is 0 Å². The first-order valence-corrected chi connectivity index (χ1v) is 4.85. The van der Waals surface area contributed by atoms with Crippen LogP contribution in [0.1, 0.15) is 25.7 Å². The lowest BCUT2D eigenvalue weighted by Crippen LogP contribution is -2.52. The maximum atomic E-state index is 10.9. The number of carbonyl (C=O) groups is 1. The monoisotopic (exact) mass is 195 g/mol. The summed E-state index contributed by atoms with van der Waals surface area (Å²) >= 11 is 0. The molecule has 1 saturated heterocycles. The third kappa shape index (κ3) is 1.20. The van der Waals surface area contributed by atoms with Crippen molar-refractivity contribution in [3.05, 3.63) is 0 Å². The van der Waals surface area contributed by atoms with Gasteiger partial charge in [-0.25, -0.2) is 0 Å². The van der Waals surface area contributed by atoms with E-state index in [2.05, 4.69) is 0 Å². The molecule has 1 saturated carbocycles. The smallest absolute Gasteiger partial charge is 0.324 e. The molecule has 0 bridgehead atoms. The van der Waals surface area contributed by atoms with Gasteiger partial charge in [0, 0.05) is 13.2 Å². The lowest BCUT2D eigenvalue weighted by molar-refractivity contribution is -0.164. The molecule has 76 valence electrons. The van der Waals surface area contributed by atoms with Crippen molar-refractivity contribution >= 4 is 5.97 Å². The van der Waals surface area contributed by atoms with Crippen molar-refractivity contribution in [3.63, 3.8) is 0 Å². The number of hydrogen-bond donors (Lipinski definition) is 1. The van der Waals surface area contributed by atoms with Crippen molar-refractivity contribution in [2.75, 3.05) is 13.2 Å². The first kappa shape index (κ1) is 9.47.